The minimum Gasteiger partial charge on any atom is -0.494 e. The Morgan fingerprint density at radius 1 is 1.47 bits per heavy atom. The van der Waals surface area contributed by atoms with Gasteiger partial charge in [-0.15, -0.1) is 0 Å². The van der Waals surface area contributed by atoms with Crippen LogP contribution in [0.4, 0.5) is 10.1 Å². The normalized spacial score (nSPS) is 10.6. The van der Waals surface area contributed by atoms with Crippen LogP contribution in [-0.2, 0) is 13.6 Å². The summed E-state index contributed by atoms with van der Waals surface area (Å²) in [5.74, 6) is -0.178. The van der Waals surface area contributed by atoms with Crippen molar-refractivity contribution in [1.29, 1.82) is 0 Å². The van der Waals surface area contributed by atoms with E-state index in [1.807, 2.05) is 6.92 Å². The smallest absolute Gasteiger partial charge is 0.167 e. The summed E-state index contributed by atoms with van der Waals surface area (Å²) in [4.78, 5) is 0. The van der Waals surface area contributed by atoms with Crippen LogP contribution in [-0.4, -0.2) is 16.9 Å². The van der Waals surface area contributed by atoms with Crippen molar-refractivity contribution in [3.05, 3.63) is 40.4 Å². The van der Waals surface area contributed by atoms with Crippen molar-refractivity contribution >= 4 is 17.3 Å². The van der Waals surface area contributed by atoms with Gasteiger partial charge in [-0.1, -0.05) is 11.6 Å². The molecule has 0 unspecified atom stereocenters. The van der Waals surface area contributed by atoms with E-state index < -0.39 is 5.82 Å². The standard InChI is InChI=1S/C13H15ClFN3O/c1-8-10(13(14)18(2)17-8)7-16-9-4-5-12(19-3)11(15)6-9/h4-6,16H,7H2,1-3H3. The van der Waals surface area contributed by atoms with Crippen molar-refractivity contribution in [2.75, 3.05) is 12.4 Å². The second-order valence-electron chi connectivity index (χ2n) is 4.18. The van der Waals surface area contributed by atoms with Gasteiger partial charge in [-0.2, -0.15) is 5.10 Å². The summed E-state index contributed by atoms with van der Waals surface area (Å²) >= 11 is 6.13. The molecule has 0 aliphatic heterocycles. The third kappa shape index (κ3) is 2.81. The van der Waals surface area contributed by atoms with Crippen molar-refractivity contribution < 1.29 is 9.13 Å². The van der Waals surface area contributed by atoms with Crippen LogP contribution in [0.1, 0.15) is 11.3 Å². The van der Waals surface area contributed by atoms with Crippen LogP contribution < -0.4 is 10.1 Å². The summed E-state index contributed by atoms with van der Waals surface area (Å²) in [5, 5.41) is 7.92. The Kier molecular flexibility index (Phi) is 3.95. The molecule has 0 saturated heterocycles. The molecule has 1 aromatic heterocycles. The van der Waals surface area contributed by atoms with E-state index in [4.69, 9.17) is 16.3 Å². The van der Waals surface area contributed by atoms with Crippen LogP contribution in [0, 0.1) is 12.7 Å². The third-order valence-electron chi connectivity index (χ3n) is 2.89. The Morgan fingerprint density at radius 2 is 2.21 bits per heavy atom. The average molecular weight is 284 g/mol. The zero-order valence-electron chi connectivity index (χ0n) is 11.0. The van der Waals surface area contributed by atoms with E-state index in [-0.39, 0.29) is 5.75 Å². The van der Waals surface area contributed by atoms with Crippen molar-refractivity contribution in [2.24, 2.45) is 7.05 Å². The van der Waals surface area contributed by atoms with E-state index in [1.165, 1.54) is 13.2 Å². The van der Waals surface area contributed by atoms with Gasteiger partial charge in [-0.05, 0) is 19.1 Å². The van der Waals surface area contributed by atoms with Crippen molar-refractivity contribution in [3.63, 3.8) is 0 Å². The number of hydrogen-bond acceptors (Lipinski definition) is 3. The lowest BCUT2D eigenvalue weighted by atomic mass is 10.2. The van der Waals surface area contributed by atoms with Gasteiger partial charge in [-0.3, -0.25) is 4.68 Å². The number of hydrogen-bond donors (Lipinski definition) is 1. The fraction of sp³-hybridized carbons (Fsp3) is 0.308. The lowest BCUT2D eigenvalue weighted by Crippen LogP contribution is -2.01. The van der Waals surface area contributed by atoms with Gasteiger partial charge in [0.25, 0.3) is 0 Å². The molecule has 0 aliphatic rings. The molecule has 2 aromatic rings. The van der Waals surface area contributed by atoms with E-state index in [0.29, 0.717) is 17.4 Å². The zero-order chi connectivity index (χ0) is 14.0. The molecule has 1 N–H and O–H groups in total. The molecule has 0 bridgehead atoms. The second kappa shape index (κ2) is 5.48. The zero-order valence-corrected chi connectivity index (χ0v) is 11.8. The maximum atomic E-state index is 13.5. The van der Waals surface area contributed by atoms with Gasteiger partial charge >= 0.3 is 0 Å². The molecule has 0 aliphatic carbocycles. The first kappa shape index (κ1) is 13.7. The molecule has 0 fully saturated rings. The van der Waals surface area contributed by atoms with Crippen LogP contribution in [0.15, 0.2) is 18.2 Å². The van der Waals surface area contributed by atoms with E-state index >= 15 is 0 Å². The first-order chi connectivity index (χ1) is 9.02. The van der Waals surface area contributed by atoms with E-state index in [1.54, 1.807) is 23.9 Å². The monoisotopic (exact) mass is 283 g/mol. The van der Waals surface area contributed by atoms with Crippen LogP contribution in [0.5, 0.6) is 5.75 Å². The third-order valence-corrected chi connectivity index (χ3v) is 3.36. The number of rotatable bonds is 4. The summed E-state index contributed by atoms with van der Waals surface area (Å²) < 4.78 is 20.0. The molecule has 0 amide bonds. The van der Waals surface area contributed by atoms with Gasteiger partial charge in [0.2, 0.25) is 0 Å². The summed E-state index contributed by atoms with van der Waals surface area (Å²) in [5.41, 5.74) is 2.42. The van der Waals surface area contributed by atoms with Crippen molar-refractivity contribution in [3.8, 4) is 5.75 Å². The maximum absolute atomic E-state index is 13.5. The summed E-state index contributed by atoms with van der Waals surface area (Å²) in [6.07, 6.45) is 0. The Hall–Kier alpha value is -1.75. The van der Waals surface area contributed by atoms with E-state index in [9.17, 15) is 4.39 Å². The Morgan fingerprint density at radius 3 is 2.74 bits per heavy atom. The summed E-state index contributed by atoms with van der Waals surface area (Å²) in [6.45, 7) is 2.38. The summed E-state index contributed by atoms with van der Waals surface area (Å²) in [6, 6.07) is 4.72. The molecule has 0 saturated carbocycles. The topological polar surface area (TPSA) is 39.1 Å². The van der Waals surface area contributed by atoms with Crippen LogP contribution in [0.2, 0.25) is 5.15 Å². The highest BCUT2D eigenvalue weighted by molar-refractivity contribution is 6.30. The Bertz CT molecular complexity index is 598. The highest BCUT2D eigenvalue weighted by Gasteiger charge is 2.11. The molecule has 4 nitrogen and oxygen atoms in total. The molecule has 6 heteroatoms. The molecular formula is C13H15ClFN3O. The van der Waals surface area contributed by atoms with Gasteiger partial charge in [0.05, 0.1) is 12.8 Å². The SMILES string of the molecule is COc1ccc(NCc2c(C)nn(C)c2Cl)cc1F. The Balaban J connectivity index is 2.12. The van der Waals surface area contributed by atoms with Gasteiger partial charge in [0.1, 0.15) is 5.15 Å². The number of nitrogens with one attached hydrogen (secondary N) is 1. The fourth-order valence-electron chi connectivity index (χ4n) is 1.84. The predicted molar refractivity (Wildman–Crippen MR) is 73.2 cm³/mol. The largest absolute Gasteiger partial charge is 0.494 e. The first-order valence-electron chi connectivity index (χ1n) is 5.78. The van der Waals surface area contributed by atoms with E-state index in [2.05, 4.69) is 10.4 Å². The van der Waals surface area contributed by atoms with Gasteiger partial charge in [0.15, 0.2) is 11.6 Å². The van der Waals surface area contributed by atoms with Gasteiger partial charge < -0.3 is 10.1 Å². The summed E-state index contributed by atoms with van der Waals surface area (Å²) in [7, 11) is 3.22. The Labute approximate surface area is 116 Å². The number of nitrogens with zero attached hydrogens (tertiary/aromatic N) is 2. The second-order valence-corrected chi connectivity index (χ2v) is 4.54. The number of methoxy groups -OCH3 is 1. The highest BCUT2D eigenvalue weighted by Crippen LogP contribution is 2.23. The number of aryl methyl sites for hydroxylation is 2. The number of ether oxygens (including phenoxy) is 1. The minimum absolute atomic E-state index is 0.223. The van der Waals surface area contributed by atoms with Crippen molar-refractivity contribution in [2.45, 2.75) is 13.5 Å². The molecule has 1 aromatic carbocycles. The molecule has 0 spiro atoms. The van der Waals surface area contributed by atoms with Crippen LogP contribution in [0.3, 0.4) is 0 Å². The molecule has 2 rings (SSSR count). The minimum atomic E-state index is -0.401. The molecule has 0 atom stereocenters. The molecule has 102 valence electrons. The molecule has 1 heterocycles. The number of aromatic nitrogens is 2. The predicted octanol–water partition coefficient (Wildman–Crippen LogP) is 3.14. The lowest BCUT2D eigenvalue weighted by molar-refractivity contribution is 0.386. The number of halogens is 2. The van der Waals surface area contributed by atoms with Gasteiger partial charge in [-0.25, -0.2) is 4.39 Å². The number of benzene rings is 1. The van der Waals surface area contributed by atoms with Crippen LogP contribution in [0.25, 0.3) is 0 Å². The fourth-order valence-corrected chi connectivity index (χ4v) is 2.08. The number of anilines is 1. The van der Waals surface area contributed by atoms with Gasteiger partial charge in [0, 0.05) is 30.9 Å². The molecular weight excluding hydrogens is 269 g/mol. The quantitative estimate of drug-likeness (QED) is 0.937. The van der Waals surface area contributed by atoms with E-state index in [0.717, 1.165) is 11.3 Å². The highest BCUT2D eigenvalue weighted by atomic mass is 35.5. The average Bonchev–Trinajstić information content (AvgIpc) is 2.61. The van der Waals surface area contributed by atoms with Crippen molar-refractivity contribution in [1.82, 2.24) is 9.78 Å². The maximum Gasteiger partial charge on any atom is 0.167 e. The molecule has 0 radical (unpaired) electrons. The lowest BCUT2D eigenvalue weighted by Gasteiger charge is -2.08. The van der Waals surface area contributed by atoms with Crippen LogP contribution >= 0.6 is 11.6 Å². The molecule has 19 heavy (non-hydrogen) atoms. The first-order valence-corrected chi connectivity index (χ1v) is 6.16.